The molecule has 3 aromatic rings. The Bertz CT molecular complexity index is 983. The molecule has 0 aliphatic rings. The van der Waals surface area contributed by atoms with E-state index >= 15 is 0 Å². The normalized spacial score (nSPS) is 10.7. The van der Waals surface area contributed by atoms with Crippen LogP contribution in [0.4, 0.5) is 5.69 Å². The van der Waals surface area contributed by atoms with Crippen molar-refractivity contribution < 1.29 is 14.1 Å². The van der Waals surface area contributed by atoms with Crippen molar-refractivity contribution in [1.29, 1.82) is 0 Å². The smallest absolute Gasteiger partial charge is 0.261 e. The monoisotopic (exact) mass is 390 g/mol. The third-order valence-electron chi connectivity index (χ3n) is 3.95. The van der Waals surface area contributed by atoms with Gasteiger partial charge in [0.25, 0.3) is 5.91 Å². The Morgan fingerprint density at radius 2 is 1.88 bits per heavy atom. The molecule has 0 fully saturated rings. The molecule has 26 heavy (non-hydrogen) atoms. The Morgan fingerprint density at radius 1 is 1.15 bits per heavy atom. The quantitative estimate of drug-likeness (QED) is 0.636. The number of carbonyl (C=O) groups excluding carboxylic acids is 1. The summed E-state index contributed by atoms with van der Waals surface area (Å²) in [5, 5.41) is 7.88. The zero-order valence-electron chi connectivity index (χ0n) is 14.4. The van der Waals surface area contributed by atoms with E-state index in [1.165, 1.54) is 7.11 Å². The van der Waals surface area contributed by atoms with Crippen molar-refractivity contribution in [3.63, 3.8) is 0 Å². The molecule has 0 aliphatic heterocycles. The first-order valence-electron chi connectivity index (χ1n) is 7.79. The largest absolute Gasteiger partial charge is 0.495 e. The average molecular weight is 391 g/mol. The maximum atomic E-state index is 12.9. The second-order valence-electron chi connectivity index (χ2n) is 5.70. The molecule has 2 aromatic carbocycles. The summed E-state index contributed by atoms with van der Waals surface area (Å²) in [6.45, 7) is 3.52. The second kappa shape index (κ2) is 7.40. The van der Waals surface area contributed by atoms with Crippen molar-refractivity contribution >= 4 is 34.8 Å². The van der Waals surface area contributed by atoms with Gasteiger partial charge in [-0.25, -0.2) is 0 Å². The highest BCUT2D eigenvalue weighted by molar-refractivity contribution is 6.33. The lowest BCUT2D eigenvalue weighted by Gasteiger charge is -2.12. The summed E-state index contributed by atoms with van der Waals surface area (Å²) < 4.78 is 10.5. The molecule has 5 nitrogen and oxygen atoms in total. The minimum atomic E-state index is -0.376. The molecule has 0 unspecified atom stereocenters. The van der Waals surface area contributed by atoms with Crippen LogP contribution in [0, 0.1) is 13.8 Å². The number of hydrogen-bond donors (Lipinski definition) is 1. The highest BCUT2D eigenvalue weighted by Crippen LogP contribution is 2.34. The van der Waals surface area contributed by atoms with Gasteiger partial charge >= 0.3 is 0 Å². The van der Waals surface area contributed by atoms with Crippen molar-refractivity contribution in [2.75, 3.05) is 12.4 Å². The number of aromatic nitrogens is 1. The molecule has 1 aromatic heterocycles. The van der Waals surface area contributed by atoms with E-state index in [9.17, 15) is 4.79 Å². The van der Waals surface area contributed by atoms with Crippen molar-refractivity contribution in [2.45, 2.75) is 13.8 Å². The summed E-state index contributed by atoms with van der Waals surface area (Å²) in [5.74, 6) is 0.475. The molecule has 0 bridgehead atoms. The van der Waals surface area contributed by atoms with Crippen molar-refractivity contribution in [3.8, 4) is 17.0 Å². The molecule has 0 saturated carbocycles. The van der Waals surface area contributed by atoms with Crippen LogP contribution in [0.5, 0.6) is 5.75 Å². The number of hydrogen-bond acceptors (Lipinski definition) is 4. The molecule has 1 N–H and O–H groups in total. The number of nitrogens with one attached hydrogen (secondary N) is 1. The van der Waals surface area contributed by atoms with E-state index in [0.717, 1.165) is 5.56 Å². The predicted octanol–water partition coefficient (Wildman–Crippen LogP) is 5.53. The molecule has 7 heteroatoms. The highest BCUT2D eigenvalue weighted by atomic mass is 35.5. The Kier molecular flexibility index (Phi) is 5.20. The first-order valence-corrected chi connectivity index (χ1v) is 8.54. The van der Waals surface area contributed by atoms with E-state index < -0.39 is 0 Å². The molecular formula is C19H16Cl2N2O3. The van der Waals surface area contributed by atoms with Gasteiger partial charge in [-0.2, -0.15) is 0 Å². The maximum Gasteiger partial charge on any atom is 0.261 e. The van der Waals surface area contributed by atoms with Gasteiger partial charge in [-0.15, -0.1) is 0 Å². The van der Waals surface area contributed by atoms with Crippen LogP contribution in [0.15, 0.2) is 40.9 Å². The zero-order chi connectivity index (χ0) is 18.8. The second-order valence-corrected chi connectivity index (χ2v) is 6.51. The summed E-state index contributed by atoms with van der Waals surface area (Å²) >= 11 is 12.4. The van der Waals surface area contributed by atoms with Crippen molar-refractivity contribution in [3.05, 3.63) is 63.3 Å². The van der Waals surface area contributed by atoms with Crippen molar-refractivity contribution in [2.24, 2.45) is 0 Å². The van der Waals surface area contributed by atoms with Gasteiger partial charge in [0.15, 0.2) is 0 Å². The van der Waals surface area contributed by atoms with Crippen LogP contribution >= 0.6 is 23.2 Å². The van der Waals surface area contributed by atoms with Gasteiger partial charge in [0.1, 0.15) is 22.8 Å². The third-order valence-corrected chi connectivity index (χ3v) is 4.68. The molecule has 3 rings (SSSR count). The van der Waals surface area contributed by atoms with Gasteiger partial charge in [0, 0.05) is 16.7 Å². The number of aryl methyl sites for hydroxylation is 2. The Hall–Kier alpha value is -2.50. The fraction of sp³-hybridized carbons (Fsp3) is 0.158. The van der Waals surface area contributed by atoms with E-state index in [1.807, 2.05) is 13.0 Å². The van der Waals surface area contributed by atoms with E-state index in [2.05, 4.69) is 10.5 Å². The summed E-state index contributed by atoms with van der Waals surface area (Å²) in [6.07, 6.45) is 0. The maximum absolute atomic E-state index is 12.9. The molecule has 0 atom stereocenters. The standard InChI is InChI=1S/C19H16Cl2N2O3/c1-10-8-15(16(25-3)9-14(10)21)22-19(24)17-11(2)26-23-18(17)12-6-4-5-7-13(12)20/h4-9H,1-3H3,(H,22,24). The van der Waals surface area contributed by atoms with E-state index in [4.69, 9.17) is 32.5 Å². The number of carbonyl (C=O) groups is 1. The minimum absolute atomic E-state index is 0.313. The van der Waals surface area contributed by atoms with Crippen LogP contribution in [0.25, 0.3) is 11.3 Å². The molecule has 1 heterocycles. The van der Waals surface area contributed by atoms with Crippen molar-refractivity contribution in [1.82, 2.24) is 5.16 Å². The summed E-state index contributed by atoms with van der Waals surface area (Å²) in [7, 11) is 1.51. The number of methoxy groups -OCH3 is 1. The first-order chi connectivity index (χ1) is 12.4. The molecule has 0 saturated heterocycles. The van der Waals surface area contributed by atoms with Crippen LogP contribution in [-0.4, -0.2) is 18.2 Å². The number of anilines is 1. The van der Waals surface area contributed by atoms with Gasteiger partial charge in [-0.3, -0.25) is 4.79 Å². The SMILES string of the molecule is COc1cc(Cl)c(C)cc1NC(=O)c1c(-c2ccccc2Cl)noc1C. The summed E-state index contributed by atoms with van der Waals surface area (Å²) in [6, 6.07) is 10.5. The molecule has 0 aliphatic carbocycles. The fourth-order valence-corrected chi connectivity index (χ4v) is 2.97. The first kappa shape index (κ1) is 18.3. The van der Waals surface area contributed by atoms with E-state index in [-0.39, 0.29) is 5.91 Å². The Labute approximate surface area is 160 Å². The van der Waals surface area contributed by atoms with E-state index in [0.29, 0.717) is 44.1 Å². The van der Waals surface area contributed by atoms with Crippen LogP contribution < -0.4 is 10.1 Å². The van der Waals surface area contributed by atoms with Gasteiger partial charge in [0.05, 0.1) is 17.8 Å². The number of ether oxygens (including phenoxy) is 1. The lowest BCUT2D eigenvalue weighted by molar-refractivity contribution is 0.102. The number of benzene rings is 2. The average Bonchev–Trinajstić information content (AvgIpc) is 2.99. The lowest BCUT2D eigenvalue weighted by Crippen LogP contribution is -2.14. The zero-order valence-corrected chi connectivity index (χ0v) is 15.9. The summed E-state index contributed by atoms with van der Waals surface area (Å²) in [5.41, 5.74) is 2.64. The van der Waals surface area contributed by atoms with Crippen LogP contribution in [0.1, 0.15) is 21.7 Å². The Balaban J connectivity index is 2.02. The fourth-order valence-electron chi connectivity index (χ4n) is 2.59. The van der Waals surface area contributed by atoms with Gasteiger partial charge in [0.2, 0.25) is 0 Å². The number of halogens is 2. The number of rotatable bonds is 4. The highest BCUT2D eigenvalue weighted by Gasteiger charge is 2.24. The van der Waals surface area contributed by atoms with Gasteiger partial charge in [-0.1, -0.05) is 46.6 Å². The number of amides is 1. The van der Waals surface area contributed by atoms with Crippen LogP contribution in [-0.2, 0) is 0 Å². The molecule has 0 radical (unpaired) electrons. The van der Waals surface area contributed by atoms with Crippen LogP contribution in [0.3, 0.4) is 0 Å². The van der Waals surface area contributed by atoms with Crippen LogP contribution in [0.2, 0.25) is 10.0 Å². The number of nitrogens with zero attached hydrogens (tertiary/aromatic N) is 1. The van der Waals surface area contributed by atoms with Gasteiger partial charge in [-0.05, 0) is 31.5 Å². The predicted molar refractivity (Wildman–Crippen MR) is 102 cm³/mol. The van der Waals surface area contributed by atoms with E-state index in [1.54, 1.807) is 37.3 Å². The molecule has 1 amide bonds. The Morgan fingerprint density at radius 3 is 2.58 bits per heavy atom. The minimum Gasteiger partial charge on any atom is -0.495 e. The topological polar surface area (TPSA) is 64.4 Å². The molecule has 134 valence electrons. The van der Waals surface area contributed by atoms with Gasteiger partial charge < -0.3 is 14.6 Å². The lowest BCUT2D eigenvalue weighted by atomic mass is 10.1. The molecular weight excluding hydrogens is 375 g/mol. The summed E-state index contributed by atoms with van der Waals surface area (Å²) in [4.78, 5) is 12.9. The third kappa shape index (κ3) is 3.41. The molecule has 0 spiro atoms.